The predicted molar refractivity (Wildman–Crippen MR) is 77.3 cm³/mol. The smallest absolute Gasteiger partial charge is 0.376 e. The average molecular weight is 344 g/mol. The summed E-state index contributed by atoms with van der Waals surface area (Å²) in [6, 6.07) is 0. The molecule has 0 N–H and O–H groups in total. The molecule has 24 heavy (non-hydrogen) atoms. The first-order valence-corrected chi connectivity index (χ1v) is 8.00. The molecule has 0 atom stereocenters. The number of rotatable bonds is 5. The number of aromatic nitrogens is 4. The zero-order valence-electron chi connectivity index (χ0n) is 13.6. The van der Waals surface area contributed by atoms with E-state index in [-0.39, 0.29) is 30.5 Å². The van der Waals surface area contributed by atoms with Crippen LogP contribution < -0.4 is 0 Å². The van der Waals surface area contributed by atoms with Gasteiger partial charge in [-0.15, -0.1) is 0 Å². The second kappa shape index (κ2) is 6.54. The maximum Gasteiger partial charge on any atom is 0.435 e. The molecule has 1 aliphatic heterocycles. The molecule has 0 aliphatic carbocycles. The molecule has 6 nitrogen and oxygen atoms in total. The van der Waals surface area contributed by atoms with Crippen LogP contribution in [-0.2, 0) is 30.5 Å². The van der Waals surface area contributed by atoms with E-state index in [9.17, 15) is 13.2 Å². The maximum atomic E-state index is 13.1. The first-order chi connectivity index (χ1) is 11.4. The van der Waals surface area contributed by atoms with Gasteiger partial charge in [-0.25, -0.2) is 0 Å². The van der Waals surface area contributed by atoms with Crippen molar-refractivity contribution in [2.45, 2.75) is 58.4 Å². The van der Waals surface area contributed by atoms with Crippen LogP contribution in [0.1, 0.15) is 61.3 Å². The highest BCUT2D eigenvalue weighted by Gasteiger charge is 2.40. The lowest BCUT2D eigenvalue weighted by atomic mass is 10.0. The lowest BCUT2D eigenvalue weighted by Gasteiger charge is -2.14. The van der Waals surface area contributed by atoms with Crippen LogP contribution in [0.2, 0.25) is 0 Å². The molecule has 0 saturated heterocycles. The van der Waals surface area contributed by atoms with Gasteiger partial charge in [0, 0.05) is 23.6 Å². The Labute approximate surface area is 137 Å². The van der Waals surface area contributed by atoms with Crippen molar-refractivity contribution in [2.75, 3.05) is 6.61 Å². The van der Waals surface area contributed by atoms with Crippen LogP contribution >= 0.6 is 0 Å². The van der Waals surface area contributed by atoms with E-state index < -0.39 is 11.9 Å². The molecule has 2 aromatic rings. The summed E-state index contributed by atoms with van der Waals surface area (Å²) in [6.45, 7) is 4.39. The van der Waals surface area contributed by atoms with Gasteiger partial charge in [-0.1, -0.05) is 19.0 Å². The van der Waals surface area contributed by atoms with Gasteiger partial charge < -0.3 is 9.26 Å². The van der Waals surface area contributed by atoms with E-state index in [1.54, 1.807) is 0 Å². The molecule has 132 valence electrons. The molecule has 0 fully saturated rings. The minimum Gasteiger partial charge on any atom is -0.376 e. The van der Waals surface area contributed by atoms with Crippen molar-refractivity contribution in [3.8, 4) is 0 Å². The fraction of sp³-hybridized carbons (Fsp3) is 0.667. The van der Waals surface area contributed by atoms with Crippen LogP contribution in [0.15, 0.2) is 4.52 Å². The van der Waals surface area contributed by atoms with Crippen molar-refractivity contribution in [3.05, 3.63) is 28.7 Å². The van der Waals surface area contributed by atoms with Gasteiger partial charge in [0.1, 0.15) is 6.54 Å². The molecule has 0 aromatic carbocycles. The second-order valence-electron chi connectivity index (χ2n) is 5.79. The van der Waals surface area contributed by atoms with E-state index in [1.807, 2.05) is 13.8 Å². The Morgan fingerprint density at radius 2 is 2.00 bits per heavy atom. The molecule has 2 aromatic heterocycles. The third-order valence-electron chi connectivity index (χ3n) is 4.28. The minimum absolute atomic E-state index is 0.0333. The molecule has 0 unspecified atom stereocenters. The zero-order valence-corrected chi connectivity index (χ0v) is 13.6. The molecular weight excluding hydrogens is 325 g/mol. The topological polar surface area (TPSA) is 66.0 Å². The first-order valence-electron chi connectivity index (χ1n) is 8.00. The van der Waals surface area contributed by atoms with Gasteiger partial charge in [-0.2, -0.15) is 23.3 Å². The third-order valence-corrected chi connectivity index (χ3v) is 4.28. The molecule has 9 heteroatoms. The highest BCUT2D eigenvalue weighted by Crippen LogP contribution is 2.34. The van der Waals surface area contributed by atoms with E-state index in [2.05, 4.69) is 15.2 Å². The maximum absolute atomic E-state index is 13.1. The van der Waals surface area contributed by atoms with Gasteiger partial charge in [-0.3, -0.25) is 4.68 Å². The predicted octanol–water partition coefficient (Wildman–Crippen LogP) is 3.31. The number of hydrogen-bond acceptors (Lipinski definition) is 5. The highest BCUT2D eigenvalue weighted by molar-refractivity contribution is 5.29. The molecule has 3 rings (SSSR count). The molecule has 0 spiro atoms. The van der Waals surface area contributed by atoms with Crippen molar-refractivity contribution in [1.29, 1.82) is 0 Å². The molecular formula is C15H19F3N4O2. The quantitative estimate of drug-likeness (QED) is 0.832. The number of halogens is 3. The van der Waals surface area contributed by atoms with Gasteiger partial charge in [-0.05, 0) is 12.8 Å². The Kier molecular flexibility index (Phi) is 4.62. The van der Waals surface area contributed by atoms with Crippen LogP contribution in [0.5, 0.6) is 0 Å². The summed E-state index contributed by atoms with van der Waals surface area (Å²) in [5.74, 6) is 1.05. The number of fused-ring (bicyclic) bond motifs is 1. The van der Waals surface area contributed by atoms with Crippen LogP contribution in [0.4, 0.5) is 13.2 Å². The van der Waals surface area contributed by atoms with Gasteiger partial charge >= 0.3 is 6.18 Å². The van der Waals surface area contributed by atoms with Crippen LogP contribution in [0, 0.1) is 0 Å². The van der Waals surface area contributed by atoms with Crippen molar-refractivity contribution in [3.63, 3.8) is 0 Å². The summed E-state index contributed by atoms with van der Waals surface area (Å²) in [5.41, 5.74) is -0.263. The van der Waals surface area contributed by atoms with E-state index >= 15 is 0 Å². The number of nitrogens with zero attached hydrogens (tertiary/aromatic N) is 4. The Morgan fingerprint density at radius 1 is 1.25 bits per heavy atom. The first kappa shape index (κ1) is 16.9. The molecule has 0 radical (unpaired) electrons. The fourth-order valence-electron chi connectivity index (χ4n) is 2.95. The van der Waals surface area contributed by atoms with Crippen molar-refractivity contribution in [1.82, 2.24) is 19.9 Å². The van der Waals surface area contributed by atoms with E-state index in [0.29, 0.717) is 24.5 Å². The van der Waals surface area contributed by atoms with E-state index in [1.165, 1.54) is 4.68 Å². The summed E-state index contributed by atoms with van der Waals surface area (Å²) in [7, 11) is 0. The Balaban J connectivity index is 1.89. The van der Waals surface area contributed by atoms with Gasteiger partial charge in [0.15, 0.2) is 11.5 Å². The summed E-state index contributed by atoms with van der Waals surface area (Å²) in [6.07, 6.45) is -2.37. The van der Waals surface area contributed by atoms with E-state index in [0.717, 1.165) is 12.8 Å². The van der Waals surface area contributed by atoms with Crippen molar-refractivity contribution in [2.24, 2.45) is 0 Å². The van der Waals surface area contributed by atoms with Crippen molar-refractivity contribution >= 4 is 0 Å². The highest BCUT2D eigenvalue weighted by atomic mass is 19.4. The largest absolute Gasteiger partial charge is 0.435 e. The number of alkyl halides is 3. The second-order valence-corrected chi connectivity index (χ2v) is 5.79. The van der Waals surface area contributed by atoms with E-state index in [4.69, 9.17) is 9.26 Å². The van der Waals surface area contributed by atoms with Gasteiger partial charge in [0.05, 0.1) is 13.2 Å². The molecule has 0 amide bonds. The van der Waals surface area contributed by atoms with Crippen LogP contribution in [-0.4, -0.2) is 26.5 Å². The normalized spacial score (nSPS) is 15.1. The molecule has 1 aliphatic rings. The Hall–Kier alpha value is -1.90. The minimum atomic E-state index is -4.51. The van der Waals surface area contributed by atoms with Crippen LogP contribution in [0.3, 0.4) is 0 Å². The molecule has 3 heterocycles. The van der Waals surface area contributed by atoms with Crippen molar-refractivity contribution < 1.29 is 22.4 Å². The standard InChI is InChI=1S/C15H19F3N4O2/c1-3-9(4-2)14-19-12(24-21-14)7-22-11-5-6-23-8-10(11)13(20-22)15(16,17)18/h9H,3-8H2,1-2H3. The van der Waals surface area contributed by atoms with Gasteiger partial charge in [0.2, 0.25) is 5.89 Å². The Bertz CT molecular complexity index is 704. The number of hydrogen-bond donors (Lipinski definition) is 0. The molecule has 0 bridgehead atoms. The Morgan fingerprint density at radius 3 is 2.67 bits per heavy atom. The number of ether oxygens (including phenoxy) is 1. The lowest BCUT2D eigenvalue weighted by Crippen LogP contribution is -2.15. The van der Waals surface area contributed by atoms with Crippen LogP contribution in [0.25, 0.3) is 0 Å². The SMILES string of the molecule is CCC(CC)c1noc(Cn2nc(C(F)(F)F)c3c2CCOC3)n1. The third kappa shape index (κ3) is 3.17. The summed E-state index contributed by atoms with van der Waals surface area (Å²) in [4.78, 5) is 4.32. The summed E-state index contributed by atoms with van der Waals surface area (Å²) in [5, 5.41) is 7.68. The summed E-state index contributed by atoms with van der Waals surface area (Å²) < 4.78 is 51.1. The zero-order chi connectivity index (χ0) is 17.3. The monoisotopic (exact) mass is 344 g/mol. The molecule has 0 saturated carbocycles. The average Bonchev–Trinajstić information content (AvgIpc) is 3.14. The fourth-order valence-corrected chi connectivity index (χ4v) is 2.95. The summed E-state index contributed by atoms with van der Waals surface area (Å²) >= 11 is 0. The van der Waals surface area contributed by atoms with Gasteiger partial charge in [0.25, 0.3) is 0 Å². The lowest BCUT2D eigenvalue weighted by molar-refractivity contribution is -0.142.